The van der Waals surface area contributed by atoms with E-state index in [-0.39, 0.29) is 11.5 Å². The van der Waals surface area contributed by atoms with Gasteiger partial charge >= 0.3 is 6.29 Å². The van der Waals surface area contributed by atoms with Gasteiger partial charge in [0.2, 0.25) is 0 Å². The zero-order valence-electron chi connectivity index (χ0n) is 6.30. The summed E-state index contributed by atoms with van der Waals surface area (Å²) >= 11 is 0. The Morgan fingerprint density at radius 1 is 1.25 bits per heavy atom. The van der Waals surface area contributed by atoms with Crippen molar-refractivity contribution in [3.05, 3.63) is 18.2 Å². The Morgan fingerprint density at radius 3 is 2.67 bits per heavy atom. The van der Waals surface area contributed by atoms with Gasteiger partial charge in [0.1, 0.15) is 7.85 Å². The summed E-state index contributed by atoms with van der Waals surface area (Å²) in [6.45, 7) is 0. The van der Waals surface area contributed by atoms with Crippen LogP contribution in [0.3, 0.4) is 0 Å². The van der Waals surface area contributed by atoms with Crippen molar-refractivity contribution < 1.29 is 18.3 Å². The number of para-hydroxylation sites is 1. The Balaban J connectivity index is 2.48. The highest BCUT2D eigenvalue weighted by atomic mass is 19.3. The number of alkyl halides is 2. The monoisotopic (exact) mass is 170 g/mol. The van der Waals surface area contributed by atoms with Crippen LogP contribution >= 0.6 is 0 Å². The van der Waals surface area contributed by atoms with Gasteiger partial charge in [-0.3, -0.25) is 0 Å². The minimum Gasteiger partial charge on any atom is -0.396 e. The van der Waals surface area contributed by atoms with Crippen LogP contribution in [-0.4, -0.2) is 14.1 Å². The van der Waals surface area contributed by atoms with Gasteiger partial charge in [0, 0.05) is 0 Å². The van der Waals surface area contributed by atoms with Crippen LogP contribution in [0.4, 0.5) is 8.78 Å². The molecule has 0 bridgehead atoms. The molecule has 1 aromatic rings. The second kappa shape index (κ2) is 2.12. The SMILES string of the molecule is Bc1cccc2c1OC(F)(F)O2. The van der Waals surface area contributed by atoms with Gasteiger partial charge in [-0.1, -0.05) is 12.1 Å². The lowest BCUT2D eigenvalue weighted by molar-refractivity contribution is -0.286. The summed E-state index contributed by atoms with van der Waals surface area (Å²) in [4.78, 5) is 0. The van der Waals surface area contributed by atoms with E-state index in [1.54, 1.807) is 20.0 Å². The lowest BCUT2D eigenvalue weighted by Crippen LogP contribution is -2.26. The van der Waals surface area contributed by atoms with Crippen LogP contribution in [0, 0.1) is 0 Å². The van der Waals surface area contributed by atoms with Crippen molar-refractivity contribution in [2.24, 2.45) is 0 Å². The largest absolute Gasteiger partial charge is 0.586 e. The highest BCUT2D eigenvalue weighted by Crippen LogP contribution is 2.38. The smallest absolute Gasteiger partial charge is 0.396 e. The van der Waals surface area contributed by atoms with Crippen molar-refractivity contribution >= 4 is 13.3 Å². The Morgan fingerprint density at radius 2 is 2.00 bits per heavy atom. The highest BCUT2D eigenvalue weighted by molar-refractivity contribution is 6.34. The number of benzene rings is 1. The lowest BCUT2D eigenvalue weighted by Gasteiger charge is -2.04. The van der Waals surface area contributed by atoms with E-state index in [4.69, 9.17) is 0 Å². The lowest BCUT2D eigenvalue weighted by atomic mass is 9.95. The molecule has 0 fully saturated rings. The summed E-state index contributed by atoms with van der Waals surface area (Å²) in [7, 11) is 1.68. The molecule has 0 saturated carbocycles. The van der Waals surface area contributed by atoms with Gasteiger partial charge in [0.15, 0.2) is 11.5 Å². The van der Waals surface area contributed by atoms with E-state index in [0.29, 0.717) is 5.46 Å². The average Bonchev–Trinajstić information content (AvgIpc) is 2.25. The molecule has 0 unspecified atom stereocenters. The Bertz CT molecular complexity index is 327. The molecular weight excluding hydrogens is 165 g/mol. The zero-order chi connectivity index (χ0) is 8.77. The molecule has 1 heterocycles. The Hall–Kier alpha value is -1.26. The van der Waals surface area contributed by atoms with Gasteiger partial charge in [-0.2, -0.15) is 0 Å². The molecule has 0 aliphatic carbocycles. The molecule has 2 nitrogen and oxygen atoms in total. The predicted molar refractivity (Wildman–Crippen MR) is 40.8 cm³/mol. The maximum Gasteiger partial charge on any atom is 0.586 e. The molecule has 0 saturated heterocycles. The molecule has 0 aromatic heterocycles. The molecule has 1 aromatic carbocycles. The van der Waals surface area contributed by atoms with E-state index in [1.165, 1.54) is 6.07 Å². The summed E-state index contributed by atoms with van der Waals surface area (Å²) in [6, 6.07) is 4.77. The summed E-state index contributed by atoms with van der Waals surface area (Å²) in [5, 5.41) is 0. The Labute approximate surface area is 68.5 Å². The molecule has 0 spiro atoms. The van der Waals surface area contributed by atoms with Gasteiger partial charge < -0.3 is 9.47 Å². The van der Waals surface area contributed by atoms with Crippen LogP contribution < -0.4 is 14.9 Å². The van der Waals surface area contributed by atoms with E-state index in [1.807, 2.05) is 0 Å². The van der Waals surface area contributed by atoms with Crippen LogP contribution in [-0.2, 0) is 0 Å². The van der Waals surface area contributed by atoms with Crippen molar-refractivity contribution in [2.45, 2.75) is 6.29 Å². The summed E-state index contributed by atoms with van der Waals surface area (Å²) in [6.07, 6.45) is -3.51. The van der Waals surface area contributed by atoms with Crippen LogP contribution in [0.25, 0.3) is 0 Å². The summed E-state index contributed by atoms with van der Waals surface area (Å²) < 4.78 is 33.4. The van der Waals surface area contributed by atoms with Gasteiger partial charge in [-0.15, -0.1) is 8.78 Å². The maximum absolute atomic E-state index is 12.5. The second-order valence-corrected chi connectivity index (χ2v) is 2.57. The molecule has 62 valence electrons. The van der Waals surface area contributed by atoms with Gasteiger partial charge in [0.25, 0.3) is 0 Å². The number of hydrogen-bond donors (Lipinski definition) is 0. The van der Waals surface area contributed by atoms with E-state index in [9.17, 15) is 8.78 Å². The number of fused-ring (bicyclic) bond motifs is 1. The fourth-order valence-electron chi connectivity index (χ4n) is 1.10. The van der Waals surface area contributed by atoms with Gasteiger partial charge in [-0.05, 0) is 11.5 Å². The fraction of sp³-hybridized carbons (Fsp3) is 0.143. The van der Waals surface area contributed by atoms with Crippen molar-refractivity contribution in [3.8, 4) is 11.5 Å². The second-order valence-electron chi connectivity index (χ2n) is 2.57. The van der Waals surface area contributed by atoms with E-state index in [0.717, 1.165) is 0 Å². The first-order chi connectivity index (χ1) is 5.58. The first kappa shape index (κ1) is 7.40. The first-order valence-electron chi connectivity index (χ1n) is 3.44. The summed E-state index contributed by atoms with van der Waals surface area (Å²) in [5.74, 6) is 0.225. The molecular formula is C7H5BF2O2. The maximum atomic E-state index is 12.5. The molecule has 1 aliphatic heterocycles. The van der Waals surface area contributed by atoms with Crippen molar-refractivity contribution in [2.75, 3.05) is 0 Å². The minimum atomic E-state index is -3.51. The summed E-state index contributed by atoms with van der Waals surface area (Å²) in [5.41, 5.74) is 0.643. The number of hydrogen-bond acceptors (Lipinski definition) is 2. The molecule has 2 rings (SSSR count). The molecule has 0 N–H and O–H groups in total. The quantitative estimate of drug-likeness (QED) is 0.520. The third-order valence-corrected chi connectivity index (χ3v) is 1.63. The first-order valence-corrected chi connectivity index (χ1v) is 3.44. The van der Waals surface area contributed by atoms with Crippen molar-refractivity contribution in [1.29, 1.82) is 0 Å². The number of rotatable bonds is 0. The number of halogens is 2. The molecule has 1 aliphatic rings. The normalized spacial score (nSPS) is 17.8. The molecule has 0 amide bonds. The van der Waals surface area contributed by atoms with Crippen molar-refractivity contribution in [1.82, 2.24) is 0 Å². The third kappa shape index (κ3) is 1.01. The number of ether oxygens (including phenoxy) is 2. The van der Waals surface area contributed by atoms with Gasteiger partial charge in [0.05, 0.1) is 0 Å². The topological polar surface area (TPSA) is 18.5 Å². The molecule has 0 atom stereocenters. The average molecular weight is 170 g/mol. The molecule has 0 radical (unpaired) electrons. The third-order valence-electron chi connectivity index (χ3n) is 1.63. The van der Waals surface area contributed by atoms with Crippen LogP contribution in [0.1, 0.15) is 0 Å². The van der Waals surface area contributed by atoms with Crippen LogP contribution in [0.15, 0.2) is 18.2 Å². The fourth-order valence-corrected chi connectivity index (χ4v) is 1.10. The van der Waals surface area contributed by atoms with Gasteiger partial charge in [-0.25, -0.2) is 0 Å². The van der Waals surface area contributed by atoms with E-state index >= 15 is 0 Å². The van der Waals surface area contributed by atoms with E-state index in [2.05, 4.69) is 9.47 Å². The molecule has 5 heteroatoms. The standard InChI is InChI=1S/C7H5BF2O2/c8-4-2-1-3-5-6(4)12-7(9,10)11-5/h1-3H,8H2. The van der Waals surface area contributed by atoms with Crippen molar-refractivity contribution in [3.63, 3.8) is 0 Å². The predicted octanol–water partition coefficient (Wildman–Crippen LogP) is 0.267. The van der Waals surface area contributed by atoms with Crippen LogP contribution in [0.5, 0.6) is 11.5 Å². The van der Waals surface area contributed by atoms with E-state index < -0.39 is 6.29 Å². The highest BCUT2D eigenvalue weighted by Gasteiger charge is 2.43. The Kier molecular flexibility index (Phi) is 1.31. The molecule has 12 heavy (non-hydrogen) atoms. The minimum absolute atomic E-state index is 0.0972. The zero-order valence-corrected chi connectivity index (χ0v) is 6.30. The van der Waals surface area contributed by atoms with Crippen LogP contribution in [0.2, 0.25) is 0 Å².